The maximum absolute atomic E-state index is 13.5. The monoisotopic (exact) mass is 549 g/mol. The summed E-state index contributed by atoms with van der Waals surface area (Å²) < 4.78 is 26.6. The summed E-state index contributed by atoms with van der Waals surface area (Å²) in [5.74, 6) is -0.367. The van der Waals surface area contributed by atoms with Gasteiger partial charge in [0.15, 0.2) is 0 Å². The van der Waals surface area contributed by atoms with Gasteiger partial charge in [-0.2, -0.15) is 0 Å². The van der Waals surface area contributed by atoms with E-state index in [1.165, 1.54) is 10.6 Å². The quantitative estimate of drug-likeness (QED) is 0.327. The van der Waals surface area contributed by atoms with Gasteiger partial charge in [0.2, 0.25) is 21.8 Å². The number of nitrogens with one attached hydrogen (secondary N) is 1. The first kappa shape index (κ1) is 30.6. The summed E-state index contributed by atoms with van der Waals surface area (Å²) >= 11 is 6.03. The Morgan fingerprint density at radius 2 is 1.70 bits per heavy atom. The van der Waals surface area contributed by atoms with Crippen LogP contribution in [0, 0.1) is 13.8 Å². The largest absolute Gasteiger partial charge is 0.354 e. The molecule has 0 saturated carbocycles. The van der Waals surface area contributed by atoms with E-state index < -0.39 is 16.1 Å². The van der Waals surface area contributed by atoms with Crippen molar-refractivity contribution < 1.29 is 18.0 Å². The molecule has 7 nitrogen and oxygen atoms in total. The second kappa shape index (κ2) is 14.4. The number of hydrogen-bond donors (Lipinski definition) is 1. The molecule has 0 saturated heterocycles. The number of anilines is 1. The lowest BCUT2D eigenvalue weighted by Gasteiger charge is -2.31. The summed E-state index contributed by atoms with van der Waals surface area (Å²) in [5.41, 5.74) is 3.37. The molecule has 0 aliphatic rings. The zero-order valence-electron chi connectivity index (χ0n) is 22.6. The van der Waals surface area contributed by atoms with Crippen molar-refractivity contribution in [1.82, 2.24) is 10.2 Å². The molecule has 0 fully saturated rings. The molecule has 2 rings (SSSR count). The molecule has 0 radical (unpaired) electrons. The van der Waals surface area contributed by atoms with E-state index in [0.29, 0.717) is 30.1 Å². The Morgan fingerprint density at radius 1 is 1.03 bits per heavy atom. The van der Waals surface area contributed by atoms with Crippen molar-refractivity contribution in [3.8, 4) is 0 Å². The van der Waals surface area contributed by atoms with Crippen molar-refractivity contribution in [3.63, 3.8) is 0 Å². The summed E-state index contributed by atoms with van der Waals surface area (Å²) in [6.45, 7) is 8.77. The predicted octanol–water partition coefficient (Wildman–Crippen LogP) is 5.23. The van der Waals surface area contributed by atoms with E-state index in [0.717, 1.165) is 29.5 Å². The number of nitrogens with zero attached hydrogens (tertiary/aromatic N) is 2. The van der Waals surface area contributed by atoms with Gasteiger partial charge in [-0.1, -0.05) is 56.1 Å². The van der Waals surface area contributed by atoms with Crippen LogP contribution >= 0.6 is 11.6 Å². The van der Waals surface area contributed by atoms with Gasteiger partial charge in [0.05, 0.1) is 11.9 Å². The van der Waals surface area contributed by atoms with Gasteiger partial charge in [0.1, 0.15) is 6.04 Å². The molecule has 2 aromatic carbocycles. The molecule has 0 aliphatic carbocycles. The van der Waals surface area contributed by atoms with Gasteiger partial charge in [-0.3, -0.25) is 13.9 Å². The number of halogens is 1. The Morgan fingerprint density at radius 3 is 2.30 bits per heavy atom. The van der Waals surface area contributed by atoms with Gasteiger partial charge >= 0.3 is 0 Å². The van der Waals surface area contributed by atoms with E-state index in [9.17, 15) is 18.0 Å². The van der Waals surface area contributed by atoms with Crippen LogP contribution in [-0.4, -0.2) is 50.5 Å². The van der Waals surface area contributed by atoms with Crippen molar-refractivity contribution in [2.24, 2.45) is 0 Å². The minimum Gasteiger partial charge on any atom is -0.354 e. The Balaban J connectivity index is 2.22. The van der Waals surface area contributed by atoms with Crippen LogP contribution in [-0.2, 0) is 26.2 Å². The molecule has 2 aromatic rings. The highest BCUT2D eigenvalue weighted by Crippen LogP contribution is 2.25. The number of unbranched alkanes of at least 4 members (excludes halogenated alkanes) is 1. The van der Waals surface area contributed by atoms with Crippen LogP contribution in [0.4, 0.5) is 5.69 Å². The van der Waals surface area contributed by atoms with E-state index in [2.05, 4.69) is 12.2 Å². The number of carbonyl (C=O) groups excluding carboxylic acids is 2. The molecular weight excluding hydrogens is 510 g/mol. The van der Waals surface area contributed by atoms with Gasteiger partial charge in [-0.15, -0.1) is 0 Å². The fourth-order valence-corrected chi connectivity index (χ4v) is 5.34. The zero-order chi connectivity index (χ0) is 27.6. The highest BCUT2D eigenvalue weighted by Gasteiger charge is 2.29. The van der Waals surface area contributed by atoms with Gasteiger partial charge in [0.25, 0.3) is 0 Å². The van der Waals surface area contributed by atoms with Crippen LogP contribution in [0.1, 0.15) is 62.6 Å². The van der Waals surface area contributed by atoms with Crippen LogP contribution in [0.5, 0.6) is 0 Å². The van der Waals surface area contributed by atoms with Gasteiger partial charge in [-0.05, 0) is 68.0 Å². The first-order chi connectivity index (χ1) is 17.5. The van der Waals surface area contributed by atoms with Gasteiger partial charge in [0, 0.05) is 31.1 Å². The molecule has 0 aromatic heterocycles. The first-order valence-electron chi connectivity index (χ1n) is 12.8. The van der Waals surface area contributed by atoms with Crippen molar-refractivity contribution in [3.05, 3.63) is 64.2 Å². The molecule has 1 unspecified atom stereocenters. The summed E-state index contributed by atoms with van der Waals surface area (Å²) in [6.07, 6.45) is 3.91. The third-order valence-corrected chi connectivity index (χ3v) is 7.91. The Labute approximate surface area is 227 Å². The van der Waals surface area contributed by atoms with Gasteiger partial charge < -0.3 is 10.2 Å². The Hall–Kier alpha value is -2.58. The lowest BCUT2D eigenvalue weighted by atomic mass is 10.1. The highest BCUT2D eigenvalue weighted by atomic mass is 35.5. The smallest absolute Gasteiger partial charge is 0.242 e. The zero-order valence-corrected chi connectivity index (χ0v) is 24.2. The lowest BCUT2D eigenvalue weighted by Crippen LogP contribution is -2.49. The summed E-state index contributed by atoms with van der Waals surface area (Å²) in [5, 5.41) is 3.55. The van der Waals surface area contributed by atoms with Crippen LogP contribution < -0.4 is 9.62 Å². The number of hydrogen-bond acceptors (Lipinski definition) is 4. The van der Waals surface area contributed by atoms with E-state index in [4.69, 9.17) is 11.6 Å². The predicted molar refractivity (Wildman–Crippen MR) is 151 cm³/mol. The van der Waals surface area contributed by atoms with E-state index in [1.54, 1.807) is 23.1 Å². The number of amides is 2. The Bertz CT molecular complexity index is 1150. The topological polar surface area (TPSA) is 86.8 Å². The number of aryl methyl sites for hydroxylation is 1. The van der Waals surface area contributed by atoms with Crippen LogP contribution in [0.15, 0.2) is 42.5 Å². The minimum atomic E-state index is -3.54. The standard InChI is InChI=1S/C28H40ClN3O4S/c1-6-8-18-30-28(34)25(7-2)31(20-23-14-16-24(29)17-15-23)27(33)13-10-19-32(37(5,35)36)26-12-9-11-21(3)22(26)4/h9,11-12,14-17,25H,6-8,10,13,18-20H2,1-5H3,(H,30,34). The molecule has 1 N–H and O–H groups in total. The number of sulfonamides is 1. The summed E-state index contributed by atoms with van der Waals surface area (Å²) in [6, 6.07) is 12.1. The van der Waals surface area contributed by atoms with Crippen molar-refractivity contribution in [1.29, 1.82) is 0 Å². The SMILES string of the molecule is CCCCNC(=O)C(CC)N(Cc1ccc(Cl)cc1)C(=O)CCCN(c1cccc(C)c1C)S(C)(=O)=O. The molecule has 0 heterocycles. The normalized spacial score (nSPS) is 12.2. The van der Waals surface area contributed by atoms with Crippen LogP contribution in [0.3, 0.4) is 0 Å². The maximum atomic E-state index is 13.5. The van der Waals surface area contributed by atoms with Crippen LogP contribution in [0.2, 0.25) is 5.02 Å². The van der Waals surface area contributed by atoms with E-state index in [-0.39, 0.29) is 31.3 Å². The summed E-state index contributed by atoms with van der Waals surface area (Å²) in [7, 11) is -3.54. The maximum Gasteiger partial charge on any atom is 0.242 e. The number of benzene rings is 2. The van der Waals surface area contributed by atoms with E-state index >= 15 is 0 Å². The van der Waals surface area contributed by atoms with Crippen molar-refractivity contribution in [2.75, 3.05) is 23.7 Å². The number of rotatable bonds is 14. The second-order valence-electron chi connectivity index (χ2n) is 9.37. The molecule has 9 heteroatoms. The fraction of sp³-hybridized carbons (Fsp3) is 0.500. The molecule has 0 spiro atoms. The molecule has 1 atom stereocenters. The number of carbonyl (C=O) groups is 2. The first-order valence-corrected chi connectivity index (χ1v) is 15.1. The average Bonchev–Trinajstić information content (AvgIpc) is 2.84. The van der Waals surface area contributed by atoms with E-state index in [1.807, 2.05) is 45.0 Å². The Kier molecular flexibility index (Phi) is 11.9. The lowest BCUT2D eigenvalue weighted by molar-refractivity contribution is -0.141. The highest BCUT2D eigenvalue weighted by molar-refractivity contribution is 7.92. The summed E-state index contributed by atoms with van der Waals surface area (Å²) in [4.78, 5) is 28.1. The molecule has 2 amide bonds. The van der Waals surface area contributed by atoms with Crippen molar-refractivity contribution in [2.45, 2.75) is 72.4 Å². The van der Waals surface area contributed by atoms with Gasteiger partial charge in [-0.25, -0.2) is 8.42 Å². The third-order valence-electron chi connectivity index (χ3n) is 6.48. The fourth-order valence-electron chi connectivity index (χ4n) is 4.20. The van der Waals surface area contributed by atoms with Crippen molar-refractivity contribution >= 4 is 39.1 Å². The molecule has 0 aliphatic heterocycles. The second-order valence-corrected chi connectivity index (χ2v) is 11.7. The average molecular weight is 550 g/mol. The molecule has 0 bridgehead atoms. The third kappa shape index (κ3) is 9.04. The molecule has 204 valence electrons. The van der Waals surface area contributed by atoms with Crippen LogP contribution in [0.25, 0.3) is 0 Å². The molecular formula is C28H40ClN3O4S. The molecule has 37 heavy (non-hydrogen) atoms. The minimum absolute atomic E-state index is 0.114.